The lowest BCUT2D eigenvalue weighted by molar-refractivity contribution is -0.161. The lowest BCUT2D eigenvalue weighted by Gasteiger charge is -2.21. The molecule has 0 aliphatic rings. The highest BCUT2D eigenvalue weighted by Gasteiger charge is 2.30. The molecule has 0 saturated heterocycles. The van der Waals surface area contributed by atoms with Crippen LogP contribution in [0.15, 0.2) is 0 Å². The van der Waals surface area contributed by atoms with Crippen LogP contribution in [0.3, 0.4) is 0 Å². The minimum absolute atomic E-state index is 0.106. The highest BCUT2D eigenvalue weighted by Crippen LogP contribution is 2.45. The van der Waals surface area contributed by atoms with Crippen LogP contribution in [0.5, 0.6) is 0 Å². The van der Waals surface area contributed by atoms with Crippen LogP contribution in [-0.2, 0) is 65.4 Å². The SMILES string of the molecule is CC(C)CCCCCCCCCCCCCCCCCCC(=O)O[C@H](COC(=O)CCCCCCCCCCCCCCCC(C)C)COP(=O)(O)OC[C@@H](O)COP(=O)(O)OC[C@@H](COC(=O)CCCCCCCCCCC(C)C)OC(=O)CCCCCCCCCCCCCC(C)C. The van der Waals surface area contributed by atoms with Gasteiger partial charge in [-0.05, 0) is 49.4 Å². The fourth-order valence-corrected chi connectivity index (χ4v) is 14.0. The monoisotopic (exact) mass is 1470 g/mol. The number of aliphatic hydroxyl groups is 1. The number of ether oxygens (including phenoxy) is 4. The molecule has 0 heterocycles. The summed E-state index contributed by atoms with van der Waals surface area (Å²) < 4.78 is 68.7. The van der Waals surface area contributed by atoms with Gasteiger partial charge in [0.05, 0.1) is 26.4 Å². The summed E-state index contributed by atoms with van der Waals surface area (Å²) in [5.41, 5.74) is 0. The summed E-state index contributed by atoms with van der Waals surface area (Å²) in [4.78, 5) is 73.0. The number of phosphoric ester groups is 2. The van der Waals surface area contributed by atoms with E-state index in [4.69, 9.17) is 37.0 Å². The zero-order valence-corrected chi connectivity index (χ0v) is 67.6. The molecule has 0 rings (SSSR count). The lowest BCUT2D eigenvalue weighted by Crippen LogP contribution is -2.30. The van der Waals surface area contributed by atoms with Crippen LogP contribution in [-0.4, -0.2) is 96.7 Å². The number of unbranched alkanes of at least 4 members (excludes halogenated alkanes) is 44. The van der Waals surface area contributed by atoms with Gasteiger partial charge in [0.15, 0.2) is 12.2 Å². The van der Waals surface area contributed by atoms with E-state index in [9.17, 15) is 43.2 Å². The van der Waals surface area contributed by atoms with E-state index in [1.165, 1.54) is 218 Å². The van der Waals surface area contributed by atoms with Crippen molar-refractivity contribution in [2.24, 2.45) is 23.7 Å². The maximum atomic E-state index is 13.1. The average Bonchev–Trinajstić information content (AvgIpc) is 0.919. The molecule has 0 aliphatic carbocycles. The molecule has 0 aromatic carbocycles. The second-order valence-electron chi connectivity index (χ2n) is 31.1. The molecule has 0 radical (unpaired) electrons. The third-order valence-corrected chi connectivity index (χ3v) is 20.7. The maximum Gasteiger partial charge on any atom is 0.472 e. The van der Waals surface area contributed by atoms with Crippen molar-refractivity contribution < 1.29 is 80.2 Å². The summed E-state index contributed by atoms with van der Waals surface area (Å²) in [6.45, 7) is 14.3. The Morgan fingerprint density at radius 2 is 0.420 bits per heavy atom. The first-order valence-electron chi connectivity index (χ1n) is 41.7. The Morgan fingerprint density at radius 3 is 0.620 bits per heavy atom. The molecule has 17 nitrogen and oxygen atoms in total. The second-order valence-corrected chi connectivity index (χ2v) is 34.0. The number of hydrogen-bond donors (Lipinski definition) is 3. The van der Waals surface area contributed by atoms with Gasteiger partial charge < -0.3 is 33.8 Å². The Morgan fingerprint density at radius 1 is 0.250 bits per heavy atom. The highest BCUT2D eigenvalue weighted by molar-refractivity contribution is 7.47. The molecular weight excluding hydrogens is 1310 g/mol. The van der Waals surface area contributed by atoms with Crippen LogP contribution in [0.2, 0.25) is 0 Å². The topological polar surface area (TPSA) is 237 Å². The zero-order chi connectivity index (χ0) is 73.8. The van der Waals surface area contributed by atoms with Crippen molar-refractivity contribution in [1.29, 1.82) is 0 Å². The first-order chi connectivity index (χ1) is 48.1. The molecule has 0 aliphatic heterocycles. The van der Waals surface area contributed by atoms with Gasteiger partial charge in [0.2, 0.25) is 0 Å². The van der Waals surface area contributed by atoms with Crippen molar-refractivity contribution in [3.05, 3.63) is 0 Å². The Kier molecular flexibility index (Phi) is 68.7. The minimum atomic E-state index is -4.96. The van der Waals surface area contributed by atoms with Crippen LogP contribution < -0.4 is 0 Å². The molecule has 100 heavy (non-hydrogen) atoms. The number of hydrogen-bond acceptors (Lipinski definition) is 15. The van der Waals surface area contributed by atoms with E-state index in [-0.39, 0.29) is 25.7 Å². The van der Waals surface area contributed by atoms with Crippen LogP contribution in [0.1, 0.15) is 415 Å². The van der Waals surface area contributed by atoms with E-state index in [1.54, 1.807) is 0 Å². The normalized spacial score (nSPS) is 14.0. The van der Waals surface area contributed by atoms with E-state index >= 15 is 0 Å². The molecule has 19 heteroatoms. The Labute approximate surface area is 613 Å². The van der Waals surface area contributed by atoms with Crippen molar-refractivity contribution in [3.8, 4) is 0 Å². The van der Waals surface area contributed by atoms with Gasteiger partial charge in [-0.1, -0.05) is 364 Å². The van der Waals surface area contributed by atoms with Gasteiger partial charge in [-0.25, -0.2) is 9.13 Å². The molecule has 0 aromatic heterocycles. The number of carbonyl (C=O) groups excluding carboxylic acids is 4. The van der Waals surface area contributed by atoms with E-state index < -0.39 is 97.5 Å². The molecule has 0 fully saturated rings. The number of rotatable bonds is 78. The molecule has 0 spiro atoms. The van der Waals surface area contributed by atoms with Gasteiger partial charge in [0.25, 0.3) is 0 Å². The summed E-state index contributed by atoms with van der Waals surface area (Å²) >= 11 is 0. The van der Waals surface area contributed by atoms with Crippen LogP contribution in [0.4, 0.5) is 0 Å². The summed E-state index contributed by atoms with van der Waals surface area (Å²) in [6.07, 6.45) is 56.9. The molecule has 0 saturated carbocycles. The van der Waals surface area contributed by atoms with Crippen molar-refractivity contribution >= 4 is 39.5 Å². The molecule has 5 atom stereocenters. The molecule has 0 aromatic rings. The summed E-state index contributed by atoms with van der Waals surface area (Å²) in [5.74, 6) is 0.978. The average molecular weight is 1470 g/mol. The van der Waals surface area contributed by atoms with E-state index in [1.807, 2.05) is 0 Å². The first kappa shape index (κ1) is 98.1. The fourth-order valence-electron chi connectivity index (χ4n) is 12.4. The Balaban J connectivity index is 5.26. The molecule has 3 N–H and O–H groups in total. The molecular formula is C81H158O17P2. The number of esters is 4. The molecule has 0 bridgehead atoms. The first-order valence-corrected chi connectivity index (χ1v) is 44.7. The van der Waals surface area contributed by atoms with Crippen LogP contribution in [0, 0.1) is 23.7 Å². The number of aliphatic hydroxyl groups excluding tert-OH is 1. The van der Waals surface area contributed by atoms with Gasteiger partial charge >= 0.3 is 39.5 Å². The third-order valence-electron chi connectivity index (χ3n) is 18.8. The Bertz CT molecular complexity index is 1950. The van der Waals surface area contributed by atoms with Gasteiger partial charge in [-0.15, -0.1) is 0 Å². The third kappa shape index (κ3) is 74.3. The van der Waals surface area contributed by atoms with Crippen molar-refractivity contribution in [2.75, 3.05) is 39.6 Å². The highest BCUT2D eigenvalue weighted by atomic mass is 31.2. The number of phosphoric acid groups is 2. The number of carbonyl (C=O) groups is 4. The predicted octanol–water partition coefficient (Wildman–Crippen LogP) is 24.0. The largest absolute Gasteiger partial charge is 0.472 e. The zero-order valence-electron chi connectivity index (χ0n) is 65.8. The van der Waals surface area contributed by atoms with E-state index in [0.717, 1.165) is 114 Å². The van der Waals surface area contributed by atoms with Gasteiger partial charge in [0, 0.05) is 25.7 Å². The predicted molar refractivity (Wildman–Crippen MR) is 409 cm³/mol. The Hall–Kier alpha value is -1.94. The quantitative estimate of drug-likeness (QED) is 0.0222. The second kappa shape index (κ2) is 70.1. The van der Waals surface area contributed by atoms with Crippen LogP contribution in [0.25, 0.3) is 0 Å². The van der Waals surface area contributed by atoms with Gasteiger partial charge in [-0.3, -0.25) is 37.3 Å². The minimum Gasteiger partial charge on any atom is -0.462 e. The van der Waals surface area contributed by atoms with Gasteiger partial charge in [-0.2, -0.15) is 0 Å². The lowest BCUT2D eigenvalue weighted by atomic mass is 10.0. The van der Waals surface area contributed by atoms with E-state index in [2.05, 4.69) is 55.4 Å². The molecule has 2 unspecified atom stereocenters. The summed E-state index contributed by atoms with van der Waals surface area (Å²) in [6, 6.07) is 0. The van der Waals surface area contributed by atoms with Crippen molar-refractivity contribution in [1.82, 2.24) is 0 Å². The molecule has 594 valence electrons. The summed E-state index contributed by atoms with van der Waals surface area (Å²) in [5, 5.41) is 10.6. The fraction of sp³-hybridized carbons (Fsp3) is 0.951. The van der Waals surface area contributed by atoms with Crippen LogP contribution >= 0.6 is 15.6 Å². The van der Waals surface area contributed by atoms with E-state index in [0.29, 0.717) is 25.7 Å². The molecule has 0 amide bonds. The van der Waals surface area contributed by atoms with Crippen molar-refractivity contribution in [2.45, 2.75) is 433 Å². The summed E-state index contributed by atoms with van der Waals surface area (Å²) in [7, 11) is -9.92. The smallest absolute Gasteiger partial charge is 0.462 e. The van der Waals surface area contributed by atoms with Gasteiger partial charge in [0.1, 0.15) is 19.3 Å². The standard InChI is InChI=1S/C81H158O17P2/c1-71(2)57-49-41-33-25-19-14-11-9-10-12-16-23-29-39-47-55-63-80(85)97-76(67-91-78(83)61-53-45-37-28-22-17-13-15-20-26-34-42-50-58-72(3)4)69-95-99(87,88)93-65-75(82)66-94-100(89,90)96-70-77(68-92-79(84)62-54-46-38-32-31-36-44-52-60-74(7)8)98-81(86)64-56-48-40-30-24-18-21-27-35-43-51-59-73(5)6/h71-77,82H,9-70H2,1-8H3,(H,87,88)(H,89,90)/t75-,76-,77-/m1/s1. The maximum absolute atomic E-state index is 13.1. The van der Waals surface area contributed by atoms with Crippen molar-refractivity contribution in [3.63, 3.8) is 0 Å².